The van der Waals surface area contributed by atoms with Crippen LogP contribution in [0.4, 0.5) is 5.69 Å². The Morgan fingerprint density at radius 3 is 2.89 bits per heavy atom. The first-order valence-corrected chi connectivity index (χ1v) is 10.2. The molecule has 1 aliphatic carbocycles. The summed E-state index contributed by atoms with van der Waals surface area (Å²) in [6.07, 6.45) is 7.21. The van der Waals surface area contributed by atoms with E-state index in [2.05, 4.69) is 22.1 Å². The standard InChI is InChI=1S/C22H26N4O2/c1-24-15-25(22(27)21-19(24)13-23-26(21)14-16-9-10-16)11-5-4-7-18-12-17-6-2-3-8-20(17)28-18/h2-3,6,8,12-13,16H,4-5,7,9-11,14-15H2,1H3. The number of anilines is 1. The van der Waals surface area contributed by atoms with Crippen LogP contribution in [0.5, 0.6) is 0 Å². The van der Waals surface area contributed by atoms with Crippen LogP contribution in [0.15, 0.2) is 40.9 Å². The number of amides is 1. The van der Waals surface area contributed by atoms with Gasteiger partial charge in [-0.25, -0.2) is 0 Å². The van der Waals surface area contributed by atoms with E-state index in [0.29, 0.717) is 12.6 Å². The molecular formula is C22H26N4O2. The molecule has 1 fully saturated rings. The van der Waals surface area contributed by atoms with Crippen molar-refractivity contribution in [1.29, 1.82) is 0 Å². The van der Waals surface area contributed by atoms with E-state index in [1.807, 2.05) is 41.0 Å². The molecule has 146 valence electrons. The van der Waals surface area contributed by atoms with E-state index in [-0.39, 0.29) is 5.91 Å². The van der Waals surface area contributed by atoms with Crippen molar-refractivity contribution in [1.82, 2.24) is 14.7 Å². The van der Waals surface area contributed by atoms with Gasteiger partial charge in [0.1, 0.15) is 17.0 Å². The van der Waals surface area contributed by atoms with Crippen LogP contribution in [0, 0.1) is 5.92 Å². The number of carbonyl (C=O) groups excluding carboxylic acids is 1. The highest BCUT2D eigenvalue weighted by Gasteiger charge is 2.33. The van der Waals surface area contributed by atoms with Gasteiger partial charge in [-0.05, 0) is 43.7 Å². The number of para-hydroxylation sites is 1. The van der Waals surface area contributed by atoms with E-state index in [1.165, 1.54) is 12.8 Å². The first-order valence-electron chi connectivity index (χ1n) is 10.2. The number of carbonyl (C=O) groups is 1. The monoisotopic (exact) mass is 378 g/mol. The van der Waals surface area contributed by atoms with Crippen molar-refractivity contribution in [2.75, 3.05) is 25.2 Å². The molecule has 6 nitrogen and oxygen atoms in total. The predicted octanol–water partition coefficient (Wildman–Crippen LogP) is 3.91. The molecule has 1 saturated carbocycles. The van der Waals surface area contributed by atoms with Crippen LogP contribution in [-0.4, -0.2) is 40.8 Å². The summed E-state index contributed by atoms with van der Waals surface area (Å²) < 4.78 is 7.82. The van der Waals surface area contributed by atoms with Gasteiger partial charge in [0.05, 0.1) is 18.6 Å². The smallest absolute Gasteiger partial charge is 0.275 e. The van der Waals surface area contributed by atoms with Gasteiger partial charge in [0.15, 0.2) is 0 Å². The van der Waals surface area contributed by atoms with Gasteiger partial charge in [-0.15, -0.1) is 0 Å². The van der Waals surface area contributed by atoms with Crippen LogP contribution in [0.2, 0.25) is 0 Å². The number of furan rings is 1. The molecule has 3 heterocycles. The fraction of sp³-hybridized carbons (Fsp3) is 0.455. The number of benzene rings is 1. The van der Waals surface area contributed by atoms with Crippen molar-refractivity contribution in [3.05, 3.63) is 48.0 Å². The second kappa shape index (κ2) is 7.00. The first kappa shape index (κ1) is 17.3. The molecule has 6 heteroatoms. The molecule has 0 unspecified atom stereocenters. The summed E-state index contributed by atoms with van der Waals surface area (Å²) in [6.45, 7) is 2.26. The van der Waals surface area contributed by atoms with Gasteiger partial charge < -0.3 is 14.2 Å². The number of aromatic nitrogens is 2. The van der Waals surface area contributed by atoms with Gasteiger partial charge in [0.25, 0.3) is 5.91 Å². The second-order valence-electron chi connectivity index (χ2n) is 8.12. The van der Waals surface area contributed by atoms with Gasteiger partial charge in [-0.2, -0.15) is 5.10 Å². The second-order valence-corrected chi connectivity index (χ2v) is 8.12. The first-order chi connectivity index (χ1) is 13.7. The van der Waals surface area contributed by atoms with Gasteiger partial charge in [-0.1, -0.05) is 18.2 Å². The summed E-state index contributed by atoms with van der Waals surface area (Å²) in [7, 11) is 2.04. The number of hydrogen-bond donors (Lipinski definition) is 0. The number of unbranched alkanes of at least 4 members (excludes halogenated alkanes) is 1. The summed E-state index contributed by atoms with van der Waals surface area (Å²) in [4.78, 5) is 17.1. The molecule has 2 aliphatic rings. The van der Waals surface area contributed by atoms with Gasteiger partial charge in [0, 0.05) is 31.9 Å². The largest absolute Gasteiger partial charge is 0.461 e. The SMILES string of the molecule is CN1CN(CCCCc2cc3ccccc3o2)C(=O)c2c1cnn2CC1CC1. The lowest BCUT2D eigenvalue weighted by molar-refractivity contribution is 0.0727. The Kier molecular flexibility index (Phi) is 4.34. The Bertz CT molecular complexity index is 968. The predicted molar refractivity (Wildman–Crippen MR) is 108 cm³/mol. The molecule has 0 radical (unpaired) electrons. The quantitative estimate of drug-likeness (QED) is 0.585. The summed E-state index contributed by atoms with van der Waals surface area (Å²) >= 11 is 0. The maximum absolute atomic E-state index is 13.0. The molecule has 1 aromatic carbocycles. The van der Waals surface area contributed by atoms with Crippen LogP contribution in [-0.2, 0) is 13.0 Å². The van der Waals surface area contributed by atoms with E-state index in [1.54, 1.807) is 0 Å². The van der Waals surface area contributed by atoms with Crippen LogP contribution in [0.3, 0.4) is 0 Å². The molecule has 0 atom stereocenters. The summed E-state index contributed by atoms with van der Waals surface area (Å²) in [5.41, 5.74) is 2.67. The third-order valence-corrected chi connectivity index (χ3v) is 5.81. The van der Waals surface area contributed by atoms with Crippen molar-refractivity contribution < 1.29 is 9.21 Å². The molecular weight excluding hydrogens is 352 g/mol. The number of nitrogens with zero attached hydrogens (tertiary/aromatic N) is 4. The highest BCUT2D eigenvalue weighted by atomic mass is 16.3. The molecule has 2 aromatic heterocycles. The van der Waals surface area contributed by atoms with Crippen LogP contribution in [0.1, 0.15) is 41.9 Å². The van der Waals surface area contributed by atoms with Crippen molar-refractivity contribution in [2.45, 2.75) is 38.6 Å². The highest BCUT2D eigenvalue weighted by Crippen LogP contribution is 2.33. The Hall–Kier alpha value is -2.76. The van der Waals surface area contributed by atoms with Crippen molar-refractivity contribution in [3.63, 3.8) is 0 Å². The van der Waals surface area contributed by atoms with E-state index in [0.717, 1.165) is 60.5 Å². The molecule has 0 N–H and O–H groups in total. The average Bonchev–Trinajstić information content (AvgIpc) is 3.25. The molecule has 1 amide bonds. The zero-order valence-corrected chi connectivity index (χ0v) is 16.3. The van der Waals surface area contributed by atoms with Gasteiger partial charge in [-0.3, -0.25) is 9.48 Å². The number of fused-ring (bicyclic) bond motifs is 2. The normalized spacial score (nSPS) is 16.8. The molecule has 5 rings (SSSR count). The third kappa shape index (κ3) is 3.28. The maximum Gasteiger partial charge on any atom is 0.275 e. The molecule has 0 spiro atoms. The van der Waals surface area contributed by atoms with Crippen molar-refractivity contribution in [2.24, 2.45) is 5.92 Å². The number of rotatable bonds is 7. The van der Waals surface area contributed by atoms with E-state index in [4.69, 9.17) is 4.42 Å². The minimum absolute atomic E-state index is 0.120. The van der Waals surface area contributed by atoms with E-state index in [9.17, 15) is 4.79 Å². The fourth-order valence-corrected chi connectivity index (χ4v) is 4.04. The van der Waals surface area contributed by atoms with Crippen molar-refractivity contribution in [3.8, 4) is 0 Å². The lowest BCUT2D eigenvalue weighted by Gasteiger charge is -2.34. The minimum atomic E-state index is 0.120. The van der Waals surface area contributed by atoms with Gasteiger partial charge in [0.2, 0.25) is 0 Å². The maximum atomic E-state index is 13.0. The minimum Gasteiger partial charge on any atom is -0.461 e. The van der Waals surface area contributed by atoms with Crippen LogP contribution in [0.25, 0.3) is 11.0 Å². The molecule has 0 bridgehead atoms. The Morgan fingerprint density at radius 2 is 2.07 bits per heavy atom. The lowest BCUT2D eigenvalue weighted by Crippen LogP contribution is -2.46. The average molecular weight is 378 g/mol. The van der Waals surface area contributed by atoms with Crippen LogP contribution < -0.4 is 4.90 Å². The zero-order valence-electron chi connectivity index (χ0n) is 16.3. The van der Waals surface area contributed by atoms with Crippen LogP contribution >= 0.6 is 0 Å². The zero-order chi connectivity index (χ0) is 19.1. The molecule has 0 saturated heterocycles. The van der Waals surface area contributed by atoms with E-state index < -0.39 is 0 Å². The Morgan fingerprint density at radius 1 is 1.21 bits per heavy atom. The highest BCUT2D eigenvalue weighted by molar-refractivity contribution is 5.99. The number of hydrogen-bond acceptors (Lipinski definition) is 4. The van der Waals surface area contributed by atoms with Gasteiger partial charge >= 0.3 is 0 Å². The molecule has 1 aliphatic heterocycles. The Labute approximate surface area is 164 Å². The topological polar surface area (TPSA) is 54.5 Å². The summed E-state index contributed by atoms with van der Waals surface area (Å²) in [5, 5.41) is 5.64. The summed E-state index contributed by atoms with van der Waals surface area (Å²) in [6, 6.07) is 10.2. The Balaban J connectivity index is 1.20. The third-order valence-electron chi connectivity index (χ3n) is 5.81. The number of aryl methyl sites for hydroxylation is 1. The molecule has 3 aromatic rings. The summed E-state index contributed by atoms with van der Waals surface area (Å²) in [5.74, 6) is 1.84. The van der Waals surface area contributed by atoms with E-state index >= 15 is 0 Å². The van der Waals surface area contributed by atoms with Crippen molar-refractivity contribution >= 4 is 22.6 Å². The molecule has 28 heavy (non-hydrogen) atoms. The fourth-order valence-electron chi connectivity index (χ4n) is 4.04. The lowest BCUT2D eigenvalue weighted by atomic mass is 10.1.